The minimum absolute atomic E-state index is 0.0178. The summed E-state index contributed by atoms with van der Waals surface area (Å²) >= 11 is 0. The van der Waals surface area contributed by atoms with E-state index in [0.717, 1.165) is 6.42 Å². The topological polar surface area (TPSA) is 21.3 Å². The molecule has 84 valence electrons. The lowest BCUT2D eigenvalue weighted by atomic mass is 9.94. The van der Waals surface area contributed by atoms with E-state index in [1.165, 1.54) is 0 Å². The Morgan fingerprint density at radius 3 is 2.57 bits per heavy atom. The highest BCUT2D eigenvalue weighted by atomic mass is 19.4. The van der Waals surface area contributed by atoms with Gasteiger partial charge in [0.1, 0.15) is 0 Å². The zero-order valence-corrected chi connectivity index (χ0v) is 8.45. The van der Waals surface area contributed by atoms with E-state index in [4.69, 9.17) is 4.74 Å². The number of alkyl halides is 3. The lowest BCUT2D eigenvalue weighted by Crippen LogP contribution is -2.48. The van der Waals surface area contributed by atoms with E-state index in [9.17, 15) is 13.2 Å². The maximum Gasteiger partial charge on any atom is 0.390 e. The number of ether oxygens (including phenoxy) is 1. The third-order valence-corrected chi connectivity index (χ3v) is 2.82. The molecule has 5 heteroatoms. The van der Waals surface area contributed by atoms with Gasteiger partial charge < -0.3 is 10.1 Å². The Morgan fingerprint density at radius 2 is 2.14 bits per heavy atom. The molecule has 0 radical (unpaired) electrons. The van der Waals surface area contributed by atoms with Crippen LogP contribution < -0.4 is 5.32 Å². The van der Waals surface area contributed by atoms with Gasteiger partial charge in [0.25, 0.3) is 0 Å². The van der Waals surface area contributed by atoms with E-state index in [0.29, 0.717) is 6.61 Å². The Balaban J connectivity index is 2.30. The molecule has 0 aromatic rings. The van der Waals surface area contributed by atoms with E-state index in [2.05, 4.69) is 5.32 Å². The summed E-state index contributed by atoms with van der Waals surface area (Å²) in [5, 5.41) is 2.92. The van der Waals surface area contributed by atoms with Gasteiger partial charge in [-0.25, -0.2) is 0 Å². The van der Waals surface area contributed by atoms with Gasteiger partial charge in [0.15, 0.2) is 0 Å². The summed E-state index contributed by atoms with van der Waals surface area (Å²) in [4.78, 5) is 0. The largest absolute Gasteiger partial charge is 0.390 e. The Bertz CT molecular complexity index is 195. The van der Waals surface area contributed by atoms with Crippen LogP contribution in [0.15, 0.2) is 0 Å². The van der Waals surface area contributed by atoms with Gasteiger partial charge in [-0.2, -0.15) is 13.2 Å². The van der Waals surface area contributed by atoms with Crippen molar-refractivity contribution >= 4 is 0 Å². The molecule has 0 spiro atoms. The molecule has 1 heterocycles. The van der Waals surface area contributed by atoms with Crippen LogP contribution in [0.4, 0.5) is 13.2 Å². The Kier molecular flexibility index (Phi) is 3.42. The van der Waals surface area contributed by atoms with Gasteiger partial charge in [-0.15, -0.1) is 0 Å². The number of halogens is 3. The van der Waals surface area contributed by atoms with E-state index >= 15 is 0 Å². The van der Waals surface area contributed by atoms with Crippen molar-refractivity contribution in [3.63, 3.8) is 0 Å². The molecule has 0 aromatic heterocycles. The van der Waals surface area contributed by atoms with Gasteiger partial charge >= 0.3 is 6.18 Å². The average Bonchev–Trinajstić information content (AvgIpc) is 2.30. The van der Waals surface area contributed by atoms with Crippen LogP contribution in [-0.2, 0) is 4.74 Å². The van der Waals surface area contributed by atoms with Gasteiger partial charge in [-0.3, -0.25) is 0 Å². The summed E-state index contributed by atoms with van der Waals surface area (Å²) < 4.78 is 40.9. The van der Waals surface area contributed by atoms with Crippen molar-refractivity contribution in [3.8, 4) is 0 Å². The van der Waals surface area contributed by atoms with Gasteiger partial charge in [0.05, 0.1) is 12.5 Å². The van der Waals surface area contributed by atoms with Crippen LogP contribution in [0.25, 0.3) is 0 Å². The Hall–Kier alpha value is -0.290. The van der Waals surface area contributed by atoms with Crippen molar-refractivity contribution in [2.24, 2.45) is 0 Å². The van der Waals surface area contributed by atoms with E-state index in [-0.39, 0.29) is 18.2 Å². The first-order valence-electron chi connectivity index (χ1n) is 4.77. The fourth-order valence-corrected chi connectivity index (χ4v) is 1.56. The molecule has 1 aliphatic rings. The third-order valence-electron chi connectivity index (χ3n) is 2.82. The SMILES string of the molecule is CC1OCCC1(C)NCCC(F)(F)F. The summed E-state index contributed by atoms with van der Waals surface area (Å²) in [6.07, 6.45) is -4.11. The molecule has 14 heavy (non-hydrogen) atoms. The summed E-state index contributed by atoms with van der Waals surface area (Å²) in [6.45, 7) is 4.37. The first-order valence-corrected chi connectivity index (χ1v) is 4.77. The maximum absolute atomic E-state index is 11.9. The smallest absolute Gasteiger partial charge is 0.377 e. The number of rotatable bonds is 3. The lowest BCUT2D eigenvalue weighted by Gasteiger charge is -2.29. The van der Waals surface area contributed by atoms with Crippen LogP contribution in [0.1, 0.15) is 26.7 Å². The van der Waals surface area contributed by atoms with Crippen LogP contribution in [0.5, 0.6) is 0 Å². The highest BCUT2D eigenvalue weighted by molar-refractivity contribution is 4.93. The monoisotopic (exact) mass is 211 g/mol. The van der Waals surface area contributed by atoms with E-state index in [1.807, 2.05) is 13.8 Å². The highest BCUT2D eigenvalue weighted by Crippen LogP contribution is 2.26. The van der Waals surface area contributed by atoms with Crippen LogP contribution in [0, 0.1) is 0 Å². The molecule has 1 saturated heterocycles. The second-order valence-corrected chi connectivity index (χ2v) is 3.97. The minimum Gasteiger partial charge on any atom is -0.377 e. The summed E-state index contributed by atoms with van der Waals surface area (Å²) in [5.41, 5.74) is -0.300. The van der Waals surface area contributed by atoms with Crippen molar-refractivity contribution in [3.05, 3.63) is 0 Å². The second kappa shape index (κ2) is 4.06. The summed E-state index contributed by atoms with van der Waals surface area (Å²) in [5.74, 6) is 0. The molecule has 1 N–H and O–H groups in total. The predicted octanol–water partition coefficient (Wildman–Crippen LogP) is 2.10. The van der Waals surface area contributed by atoms with Crippen molar-refractivity contribution < 1.29 is 17.9 Å². The summed E-state index contributed by atoms with van der Waals surface area (Å²) in [6, 6.07) is 0. The number of hydrogen-bond acceptors (Lipinski definition) is 2. The van der Waals surface area contributed by atoms with Gasteiger partial charge in [-0.05, 0) is 20.3 Å². The molecule has 0 amide bonds. The second-order valence-electron chi connectivity index (χ2n) is 3.97. The Morgan fingerprint density at radius 1 is 1.50 bits per heavy atom. The van der Waals surface area contributed by atoms with Gasteiger partial charge in [-0.1, -0.05) is 0 Å². The van der Waals surface area contributed by atoms with Crippen LogP contribution >= 0.6 is 0 Å². The van der Waals surface area contributed by atoms with Crippen molar-refractivity contribution in [1.29, 1.82) is 0 Å². The van der Waals surface area contributed by atoms with Crippen LogP contribution in [-0.4, -0.2) is 31.0 Å². The quantitative estimate of drug-likeness (QED) is 0.771. The number of nitrogens with one attached hydrogen (secondary N) is 1. The van der Waals surface area contributed by atoms with Crippen molar-refractivity contribution in [1.82, 2.24) is 5.32 Å². The van der Waals surface area contributed by atoms with Gasteiger partial charge in [0.2, 0.25) is 0 Å². The molecule has 0 aliphatic carbocycles. The Labute approximate surface area is 81.8 Å². The summed E-state index contributed by atoms with van der Waals surface area (Å²) in [7, 11) is 0. The molecular formula is C9H16F3NO. The fraction of sp³-hybridized carbons (Fsp3) is 1.00. The van der Waals surface area contributed by atoms with Gasteiger partial charge in [0, 0.05) is 18.7 Å². The molecule has 0 bridgehead atoms. The predicted molar refractivity (Wildman–Crippen MR) is 47.1 cm³/mol. The fourth-order valence-electron chi connectivity index (χ4n) is 1.56. The molecule has 0 saturated carbocycles. The molecule has 1 fully saturated rings. The first kappa shape index (κ1) is 11.8. The molecule has 2 atom stereocenters. The third kappa shape index (κ3) is 3.13. The molecule has 2 unspecified atom stereocenters. The minimum atomic E-state index is -4.08. The van der Waals surface area contributed by atoms with Crippen LogP contribution in [0.2, 0.25) is 0 Å². The zero-order valence-electron chi connectivity index (χ0n) is 8.45. The standard InChI is InChI=1S/C9H16F3NO/c1-7-8(2,4-6-14-7)13-5-3-9(10,11)12/h7,13H,3-6H2,1-2H3. The normalized spacial score (nSPS) is 33.6. The highest BCUT2D eigenvalue weighted by Gasteiger charge is 2.37. The molecular weight excluding hydrogens is 195 g/mol. The van der Waals surface area contributed by atoms with E-state index < -0.39 is 12.6 Å². The maximum atomic E-state index is 11.9. The van der Waals surface area contributed by atoms with Crippen LogP contribution in [0.3, 0.4) is 0 Å². The number of hydrogen-bond donors (Lipinski definition) is 1. The van der Waals surface area contributed by atoms with E-state index in [1.54, 1.807) is 0 Å². The van der Waals surface area contributed by atoms with Crippen molar-refractivity contribution in [2.45, 2.75) is 44.5 Å². The molecule has 1 aliphatic heterocycles. The average molecular weight is 211 g/mol. The lowest BCUT2D eigenvalue weighted by molar-refractivity contribution is -0.134. The molecule has 1 rings (SSSR count). The van der Waals surface area contributed by atoms with Crippen molar-refractivity contribution in [2.75, 3.05) is 13.2 Å². The molecule has 0 aromatic carbocycles. The zero-order chi connectivity index (χ0) is 10.8. The first-order chi connectivity index (χ1) is 6.33. The molecule has 2 nitrogen and oxygen atoms in total.